The number of primary amides is 1. The Balaban J connectivity index is 2.15. The molecule has 0 fully saturated rings. The van der Waals surface area contributed by atoms with Crippen LogP contribution >= 0.6 is 22.6 Å². The molecule has 0 spiro atoms. The lowest BCUT2D eigenvalue weighted by Gasteiger charge is -2.16. The smallest absolute Gasteiger partial charge is 0.337 e. The van der Waals surface area contributed by atoms with Crippen molar-refractivity contribution < 1.29 is 19.1 Å². The van der Waals surface area contributed by atoms with Crippen molar-refractivity contribution in [3.8, 4) is 0 Å². The Kier molecular flexibility index (Phi) is 6.51. The summed E-state index contributed by atoms with van der Waals surface area (Å²) in [6.45, 7) is 0. The van der Waals surface area contributed by atoms with Crippen molar-refractivity contribution >= 4 is 40.4 Å². The van der Waals surface area contributed by atoms with Crippen LogP contribution in [0.2, 0.25) is 0 Å². The van der Waals surface area contributed by atoms with Gasteiger partial charge < -0.3 is 15.8 Å². The van der Waals surface area contributed by atoms with Crippen LogP contribution in [0.3, 0.4) is 0 Å². The van der Waals surface area contributed by atoms with Gasteiger partial charge in [0, 0.05) is 15.6 Å². The highest BCUT2D eigenvalue weighted by atomic mass is 127. The second kappa shape index (κ2) is 8.61. The molecule has 0 aliphatic heterocycles. The first-order valence-corrected chi connectivity index (χ1v) is 8.51. The Hall–Kier alpha value is -2.42. The molecule has 0 saturated carbocycles. The lowest BCUT2D eigenvalue weighted by molar-refractivity contribution is -0.119. The first-order chi connectivity index (χ1) is 11.9. The molecule has 0 aromatic heterocycles. The van der Waals surface area contributed by atoms with Gasteiger partial charge in [-0.15, -0.1) is 0 Å². The van der Waals surface area contributed by atoms with Crippen LogP contribution in [0.1, 0.15) is 26.3 Å². The van der Waals surface area contributed by atoms with Gasteiger partial charge in [0.05, 0.1) is 12.7 Å². The van der Waals surface area contributed by atoms with E-state index in [1.807, 2.05) is 24.3 Å². The Morgan fingerprint density at radius 2 is 1.80 bits per heavy atom. The van der Waals surface area contributed by atoms with Gasteiger partial charge in [-0.3, -0.25) is 9.59 Å². The molecule has 25 heavy (non-hydrogen) atoms. The topological polar surface area (TPSA) is 98.5 Å². The van der Waals surface area contributed by atoms with Gasteiger partial charge in [0.15, 0.2) is 0 Å². The highest BCUT2D eigenvalue weighted by molar-refractivity contribution is 14.1. The van der Waals surface area contributed by atoms with Gasteiger partial charge in [-0.05, 0) is 58.5 Å². The maximum absolute atomic E-state index is 12.4. The molecule has 6 nitrogen and oxygen atoms in total. The number of carbonyl (C=O) groups excluding carboxylic acids is 3. The van der Waals surface area contributed by atoms with Gasteiger partial charge in [-0.25, -0.2) is 4.79 Å². The number of methoxy groups -OCH3 is 1. The van der Waals surface area contributed by atoms with Gasteiger partial charge in [-0.1, -0.05) is 18.2 Å². The molecule has 1 atom stereocenters. The molecule has 0 aliphatic carbocycles. The summed E-state index contributed by atoms with van der Waals surface area (Å²) >= 11 is 2.17. The fourth-order valence-corrected chi connectivity index (χ4v) is 2.88. The van der Waals surface area contributed by atoms with E-state index in [1.54, 1.807) is 18.2 Å². The van der Waals surface area contributed by atoms with E-state index in [4.69, 9.17) is 5.73 Å². The summed E-state index contributed by atoms with van der Waals surface area (Å²) in [6, 6.07) is 12.8. The average Bonchev–Trinajstić information content (AvgIpc) is 2.60. The average molecular weight is 452 g/mol. The van der Waals surface area contributed by atoms with E-state index in [0.717, 1.165) is 9.13 Å². The van der Waals surface area contributed by atoms with Crippen molar-refractivity contribution in [2.75, 3.05) is 7.11 Å². The van der Waals surface area contributed by atoms with E-state index in [0.29, 0.717) is 0 Å². The number of hydrogen-bond donors (Lipinski definition) is 2. The Labute approximate surface area is 158 Å². The number of esters is 1. The fourth-order valence-electron chi connectivity index (χ4n) is 2.27. The minimum absolute atomic E-state index is 0.247. The molecule has 0 bridgehead atoms. The molecular weight excluding hydrogens is 435 g/mol. The molecule has 0 saturated heterocycles. The molecule has 130 valence electrons. The maximum atomic E-state index is 12.4. The number of ether oxygens (including phenoxy) is 1. The third kappa shape index (κ3) is 5.28. The number of halogens is 1. The molecule has 2 amide bonds. The van der Waals surface area contributed by atoms with Crippen molar-refractivity contribution in [3.05, 3.63) is 68.8 Å². The minimum atomic E-state index is -0.854. The van der Waals surface area contributed by atoms with Crippen LogP contribution in [0.5, 0.6) is 0 Å². The van der Waals surface area contributed by atoms with Crippen molar-refractivity contribution in [2.45, 2.75) is 12.5 Å². The van der Waals surface area contributed by atoms with Crippen molar-refractivity contribution in [3.63, 3.8) is 0 Å². The zero-order valence-electron chi connectivity index (χ0n) is 13.5. The van der Waals surface area contributed by atoms with E-state index >= 15 is 0 Å². The predicted molar refractivity (Wildman–Crippen MR) is 101 cm³/mol. The van der Waals surface area contributed by atoms with Crippen LogP contribution < -0.4 is 11.1 Å². The zero-order chi connectivity index (χ0) is 18.4. The molecular formula is C18H17IN2O4. The molecule has 2 aromatic carbocycles. The quantitative estimate of drug-likeness (QED) is 0.517. The number of carbonyl (C=O) groups is 3. The van der Waals surface area contributed by atoms with E-state index in [2.05, 4.69) is 32.6 Å². The van der Waals surface area contributed by atoms with Crippen LogP contribution in [0.25, 0.3) is 0 Å². The zero-order valence-corrected chi connectivity index (χ0v) is 15.6. The highest BCUT2D eigenvalue weighted by Gasteiger charge is 2.20. The summed E-state index contributed by atoms with van der Waals surface area (Å²) in [5, 5.41) is 2.62. The number of hydrogen-bond acceptors (Lipinski definition) is 4. The third-order valence-corrected chi connectivity index (χ3v) is 4.19. The number of nitrogens with two attached hydrogens (primary N) is 1. The molecule has 3 N–H and O–H groups in total. The summed E-state index contributed by atoms with van der Waals surface area (Å²) in [5.74, 6) is -1.66. The summed E-state index contributed by atoms with van der Waals surface area (Å²) in [4.78, 5) is 35.7. The van der Waals surface area contributed by atoms with Crippen LogP contribution in [0.4, 0.5) is 0 Å². The fraction of sp³-hybridized carbons (Fsp3) is 0.167. The minimum Gasteiger partial charge on any atom is -0.465 e. The molecule has 0 aliphatic rings. The van der Waals surface area contributed by atoms with E-state index in [1.165, 1.54) is 13.2 Å². The number of amides is 2. The first-order valence-electron chi connectivity index (χ1n) is 7.43. The van der Waals surface area contributed by atoms with Gasteiger partial charge in [-0.2, -0.15) is 0 Å². The summed E-state index contributed by atoms with van der Waals surface area (Å²) in [6.07, 6.45) is 0.286. The summed E-state index contributed by atoms with van der Waals surface area (Å²) in [5.41, 5.74) is 6.81. The third-order valence-electron chi connectivity index (χ3n) is 3.52. The first kappa shape index (κ1) is 18.9. The molecule has 0 unspecified atom stereocenters. The standard InChI is InChI=1S/C18H17IN2O4/c1-25-18(24)13-6-3-5-12(10-13)17(23)21-15(16(20)22)9-11-4-2-7-14(19)8-11/h2-8,10,15H,9H2,1H3,(H2,20,22)(H,21,23)/t15-/m1/s1. The lowest BCUT2D eigenvalue weighted by atomic mass is 10.0. The normalized spacial score (nSPS) is 11.4. The van der Waals surface area contributed by atoms with Crippen LogP contribution in [-0.4, -0.2) is 30.9 Å². The van der Waals surface area contributed by atoms with Crippen LogP contribution in [0.15, 0.2) is 48.5 Å². The molecule has 2 aromatic rings. The van der Waals surface area contributed by atoms with E-state index < -0.39 is 23.8 Å². The Morgan fingerprint density at radius 3 is 2.44 bits per heavy atom. The summed E-state index contributed by atoms with van der Waals surface area (Å²) in [7, 11) is 1.26. The maximum Gasteiger partial charge on any atom is 0.337 e. The molecule has 2 rings (SSSR count). The van der Waals surface area contributed by atoms with Crippen molar-refractivity contribution in [1.29, 1.82) is 0 Å². The van der Waals surface area contributed by atoms with Gasteiger partial charge >= 0.3 is 5.97 Å². The molecule has 0 radical (unpaired) electrons. The van der Waals surface area contributed by atoms with Gasteiger partial charge in [0.1, 0.15) is 6.04 Å². The summed E-state index contributed by atoms with van der Waals surface area (Å²) < 4.78 is 5.66. The van der Waals surface area contributed by atoms with Crippen LogP contribution in [-0.2, 0) is 16.0 Å². The molecule has 0 heterocycles. The monoisotopic (exact) mass is 452 g/mol. The number of nitrogens with one attached hydrogen (secondary N) is 1. The van der Waals surface area contributed by atoms with E-state index in [-0.39, 0.29) is 17.5 Å². The second-order valence-electron chi connectivity index (χ2n) is 5.33. The highest BCUT2D eigenvalue weighted by Crippen LogP contribution is 2.11. The number of rotatable bonds is 6. The van der Waals surface area contributed by atoms with Crippen molar-refractivity contribution in [2.24, 2.45) is 5.73 Å². The molecule has 7 heteroatoms. The lowest BCUT2D eigenvalue weighted by Crippen LogP contribution is -2.45. The Bertz CT molecular complexity index is 807. The van der Waals surface area contributed by atoms with Crippen LogP contribution in [0, 0.1) is 3.57 Å². The van der Waals surface area contributed by atoms with E-state index in [9.17, 15) is 14.4 Å². The number of benzene rings is 2. The van der Waals surface area contributed by atoms with Crippen molar-refractivity contribution in [1.82, 2.24) is 5.32 Å². The Morgan fingerprint density at radius 1 is 1.12 bits per heavy atom. The largest absolute Gasteiger partial charge is 0.465 e. The SMILES string of the molecule is COC(=O)c1cccc(C(=O)N[C@H](Cc2cccc(I)c2)C(N)=O)c1. The predicted octanol–water partition coefficient (Wildman–Crippen LogP) is 1.90. The van der Waals surface area contributed by atoms with Gasteiger partial charge in [0.25, 0.3) is 5.91 Å². The van der Waals surface area contributed by atoms with Gasteiger partial charge in [0.2, 0.25) is 5.91 Å². The second-order valence-corrected chi connectivity index (χ2v) is 6.58.